The van der Waals surface area contributed by atoms with Crippen LogP contribution in [0, 0.1) is 0 Å². The van der Waals surface area contributed by atoms with Crippen LogP contribution in [0.3, 0.4) is 0 Å². The number of unbranched alkanes of at least 4 members (excludes halogenated alkanes) is 57. The zero-order valence-electron chi connectivity index (χ0n) is 53.5. The molecule has 0 bridgehead atoms. The summed E-state index contributed by atoms with van der Waals surface area (Å²) in [6.45, 7) is 6.65. The first kappa shape index (κ1) is 76.4. The molecule has 0 aromatic heterocycles. The van der Waals surface area contributed by atoms with E-state index in [0.717, 1.165) is 64.2 Å². The zero-order valence-corrected chi connectivity index (χ0v) is 53.5. The first-order chi connectivity index (χ1) is 38.5. The molecule has 6 nitrogen and oxygen atoms in total. The van der Waals surface area contributed by atoms with Crippen LogP contribution >= 0.6 is 0 Å². The van der Waals surface area contributed by atoms with Crippen molar-refractivity contribution in [2.24, 2.45) is 0 Å². The third kappa shape index (κ3) is 65.2. The molecule has 1 unspecified atom stereocenters. The average Bonchev–Trinajstić information content (AvgIpc) is 3.44. The number of ether oxygens (including phenoxy) is 3. The first-order valence-corrected chi connectivity index (χ1v) is 36.0. The number of hydrogen-bond acceptors (Lipinski definition) is 6. The lowest BCUT2D eigenvalue weighted by atomic mass is 10.0. The minimum Gasteiger partial charge on any atom is -0.462 e. The van der Waals surface area contributed by atoms with Crippen molar-refractivity contribution in [2.45, 2.75) is 431 Å². The van der Waals surface area contributed by atoms with Crippen LogP contribution < -0.4 is 0 Å². The maximum atomic E-state index is 12.9. The fraction of sp³-hybridized carbons (Fsp3) is 0.958. The summed E-state index contributed by atoms with van der Waals surface area (Å²) in [5, 5.41) is 0. The molecular formula is C72H140O6. The Morgan fingerprint density at radius 3 is 0.513 bits per heavy atom. The van der Waals surface area contributed by atoms with Gasteiger partial charge in [0.05, 0.1) is 0 Å². The SMILES string of the molecule is CCCCCCCCCCCCCCCCCCCCCCCCCCCCCCCC(=O)OCC(COC(=O)CCCCCCC)OC(=O)CCCCCCCCCCCCCCCCCCCCCCCCCCCC. The molecule has 0 heterocycles. The molecule has 0 amide bonds. The van der Waals surface area contributed by atoms with Gasteiger partial charge in [0.1, 0.15) is 13.2 Å². The standard InChI is InChI=1S/C72H140O6/c1-4-7-10-13-15-17-19-21-23-25-27-29-31-33-35-36-37-39-40-42-44-46-48-50-52-54-56-59-62-65-71(74)77-68-69(67-76-70(73)64-61-58-12-9-6-3)78-72(75)66-63-60-57-55-53-51-49-47-45-43-41-38-34-32-30-28-26-24-22-20-18-16-14-11-8-5-2/h69H,4-68H2,1-3H3. The summed E-state index contributed by atoms with van der Waals surface area (Å²) >= 11 is 0. The second-order valence-corrected chi connectivity index (χ2v) is 24.9. The van der Waals surface area contributed by atoms with Crippen molar-refractivity contribution in [2.75, 3.05) is 13.2 Å². The predicted octanol–water partition coefficient (Wildman–Crippen LogP) is 24.6. The molecule has 0 aliphatic rings. The molecule has 0 aliphatic heterocycles. The van der Waals surface area contributed by atoms with Gasteiger partial charge < -0.3 is 14.2 Å². The molecule has 0 saturated carbocycles. The van der Waals surface area contributed by atoms with Crippen molar-refractivity contribution in [1.82, 2.24) is 0 Å². The van der Waals surface area contributed by atoms with Crippen LogP contribution in [0.5, 0.6) is 0 Å². The second-order valence-electron chi connectivity index (χ2n) is 24.9. The minimum atomic E-state index is -0.761. The van der Waals surface area contributed by atoms with E-state index < -0.39 is 6.10 Å². The minimum absolute atomic E-state index is 0.0621. The summed E-state index contributed by atoms with van der Waals surface area (Å²) < 4.78 is 16.8. The van der Waals surface area contributed by atoms with Crippen LogP contribution in [-0.4, -0.2) is 37.2 Å². The van der Waals surface area contributed by atoms with Gasteiger partial charge in [-0.2, -0.15) is 0 Å². The molecule has 464 valence electrons. The molecule has 1 atom stereocenters. The molecule has 0 radical (unpaired) electrons. The van der Waals surface area contributed by atoms with Gasteiger partial charge in [0, 0.05) is 19.3 Å². The molecular weight excluding hydrogens is 961 g/mol. The Kier molecular flexibility index (Phi) is 66.5. The number of carbonyl (C=O) groups is 3. The van der Waals surface area contributed by atoms with Crippen molar-refractivity contribution in [3.8, 4) is 0 Å². The molecule has 6 heteroatoms. The predicted molar refractivity (Wildman–Crippen MR) is 340 cm³/mol. The third-order valence-electron chi connectivity index (χ3n) is 16.9. The summed E-state index contributed by atoms with van der Waals surface area (Å²) in [4.78, 5) is 38.0. The van der Waals surface area contributed by atoms with Crippen molar-refractivity contribution in [1.29, 1.82) is 0 Å². The first-order valence-electron chi connectivity index (χ1n) is 36.0. The number of rotatable bonds is 68. The van der Waals surface area contributed by atoms with Gasteiger partial charge in [0.25, 0.3) is 0 Å². The lowest BCUT2D eigenvalue weighted by molar-refractivity contribution is -0.167. The van der Waals surface area contributed by atoms with E-state index in [1.54, 1.807) is 0 Å². The van der Waals surface area contributed by atoms with Crippen LogP contribution in [0.4, 0.5) is 0 Å². The average molecular weight is 1100 g/mol. The summed E-state index contributed by atoms with van der Waals surface area (Å²) in [6, 6.07) is 0. The normalized spacial score (nSPS) is 11.9. The molecule has 0 N–H and O–H groups in total. The second kappa shape index (κ2) is 67.9. The fourth-order valence-electron chi connectivity index (χ4n) is 11.5. The largest absolute Gasteiger partial charge is 0.462 e. The van der Waals surface area contributed by atoms with E-state index in [1.165, 1.54) is 321 Å². The van der Waals surface area contributed by atoms with E-state index in [1.807, 2.05) is 0 Å². The molecule has 0 spiro atoms. The van der Waals surface area contributed by atoms with Crippen LogP contribution in [-0.2, 0) is 28.6 Å². The van der Waals surface area contributed by atoms with Gasteiger partial charge in [-0.1, -0.05) is 387 Å². The van der Waals surface area contributed by atoms with E-state index in [0.29, 0.717) is 19.3 Å². The highest BCUT2D eigenvalue weighted by Gasteiger charge is 2.19. The molecule has 0 fully saturated rings. The number of carbonyl (C=O) groups excluding carboxylic acids is 3. The molecule has 0 saturated heterocycles. The Labute approximate surface area is 488 Å². The monoisotopic (exact) mass is 1100 g/mol. The molecule has 0 aliphatic carbocycles. The van der Waals surface area contributed by atoms with Gasteiger partial charge in [0.2, 0.25) is 0 Å². The van der Waals surface area contributed by atoms with Crippen molar-refractivity contribution in [3.05, 3.63) is 0 Å². The lowest BCUT2D eigenvalue weighted by Crippen LogP contribution is -2.30. The smallest absolute Gasteiger partial charge is 0.306 e. The Balaban J connectivity index is 3.88. The Morgan fingerprint density at radius 1 is 0.205 bits per heavy atom. The van der Waals surface area contributed by atoms with E-state index in [4.69, 9.17) is 14.2 Å². The topological polar surface area (TPSA) is 78.9 Å². The van der Waals surface area contributed by atoms with E-state index >= 15 is 0 Å². The molecule has 0 aromatic rings. The van der Waals surface area contributed by atoms with Crippen LogP contribution in [0.1, 0.15) is 425 Å². The van der Waals surface area contributed by atoms with Crippen molar-refractivity contribution in [3.63, 3.8) is 0 Å². The van der Waals surface area contributed by atoms with Crippen molar-refractivity contribution >= 4 is 17.9 Å². The number of hydrogen-bond donors (Lipinski definition) is 0. The highest BCUT2D eigenvalue weighted by atomic mass is 16.6. The quantitative estimate of drug-likeness (QED) is 0.0343. The maximum absolute atomic E-state index is 12.9. The van der Waals surface area contributed by atoms with E-state index in [-0.39, 0.29) is 31.1 Å². The van der Waals surface area contributed by atoms with E-state index in [2.05, 4.69) is 20.8 Å². The molecule has 0 rings (SSSR count). The Bertz CT molecular complexity index is 1170. The highest BCUT2D eigenvalue weighted by Crippen LogP contribution is 2.20. The summed E-state index contributed by atoms with van der Waals surface area (Å²) in [6.07, 6.45) is 80.7. The van der Waals surface area contributed by atoms with Crippen LogP contribution in [0.15, 0.2) is 0 Å². The molecule has 78 heavy (non-hydrogen) atoms. The summed E-state index contributed by atoms with van der Waals surface area (Å²) in [5.74, 6) is -0.842. The van der Waals surface area contributed by atoms with Gasteiger partial charge >= 0.3 is 17.9 Å². The van der Waals surface area contributed by atoms with Gasteiger partial charge in [-0.3, -0.25) is 14.4 Å². The Hall–Kier alpha value is -1.59. The Morgan fingerprint density at radius 2 is 0.346 bits per heavy atom. The van der Waals surface area contributed by atoms with Gasteiger partial charge in [-0.25, -0.2) is 0 Å². The summed E-state index contributed by atoms with van der Waals surface area (Å²) in [7, 11) is 0. The highest BCUT2D eigenvalue weighted by molar-refractivity contribution is 5.71. The third-order valence-corrected chi connectivity index (χ3v) is 16.9. The number of esters is 3. The lowest BCUT2D eigenvalue weighted by Gasteiger charge is -2.18. The fourth-order valence-corrected chi connectivity index (χ4v) is 11.5. The van der Waals surface area contributed by atoms with Crippen LogP contribution in [0.2, 0.25) is 0 Å². The van der Waals surface area contributed by atoms with Gasteiger partial charge in [0.15, 0.2) is 6.10 Å². The van der Waals surface area contributed by atoms with Crippen LogP contribution in [0.25, 0.3) is 0 Å². The zero-order chi connectivity index (χ0) is 56.4. The summed E-state index contributed by atoms with van der Waals surface area (Å²) in [5.41, 5.74) is 0. The molecule has 0 aromatic carbocycles. The van der Waals surface area contributed by atoms with Gasteiger partial charge in [-0.15, -0.1) is 0 Å². The maximum Gasteiger partial charge on any atom is 0.306 e. The van der Waals surface area contributed by atoms with Gasteiger partial charge in [-0.05, 0) is 19.3 Å². The van der Waals surface area contributed by atoms with Crippen molar-refractivity contribution < 1.29 is 28.6 Å². The van der Waals surface area contributed by atoms with E-state index in [9.17, 15) is 14.4 Å².